The van der Waals surface area contributed by atoms with Gasteiger partial charge in [0.1, 0.15) is 0 Å². The first-order valence-electron chi connectivity index (χ1n) is 4.23. The van der Waals surface area contributed by atoms with Crippen LogP contribution in [-0.2, 0) is 6.42 Å². The summed E-state index contributed by atoms with van der Waals surface area (Å²) in [5, 5.41) is 11.8. The maximum Gasteiger partial charge on any atom is 0.335 e. The van der Waals surface area contributed by atoms with Crippen molar-refractivity contribution in [2.75, 3.05) is 12.4 Å². The molecule has 3 nitrogen and oxygen atoms in total. The zero-order valence-electron chi connectivity index (χ0n) is 7.79. The number of hydrogen-bond acceptors (Lipinski definition) is 2. The number of rotatable bonds is 3. The molecule has 0 aliphatic heterocycles. The molecule has 2 N–H and O–H groups in total. The van der Waals surface area contributed by atoms with Crippen molar-refractivity contribution >= 4 is 11.7 Å². The van der Waals surface area contributed by atoms with Crippen LogP contribution in [0.5, 0.6) is 0 Å². The van der Waals surface area contributed by atoms with E-state index in [9.17, 15) is 4.79 Å². The van der Waals surface area contributed by atoms with Gasteiger partial charge >= 0.3 is 5.97 Å². The summed E-state index contributed by atoms with van der Waals surface area (Å²) in [6.45, 7) is 1.95. The monoisotopic (exact) mass is 179 g/mol. The molecular formula is C10H13NO2. The lowest BCUT2D eigenvalue weighted by atomic mass is 10.0. The van der Waals surface area contributed by atoms with Crippen LogP contribution in [0.3, 0.4) is 0 Å². The van der Waals surface area contributed by atoms with Crippen LogP contribution in [0.25, 0.3) is 0 Å². The number of carbonyl (C=O) groups is 1. The quantitative estimate of drug-likeness (QED) is 0.746. The summed E-state index contributed by atoms with van der Waals surface area (Å²) in [5.41, 5.74) is 2.20. The van der Waals surface area contributed by atoms with Crippen LogP contribution in [0, 0.1) is 0 Å². The molecule has 0 aliphatic carbocycles. The summed E-state index contributed by atoms with van der Waals surface area (Å²) in [4.78, 5) is 10.8. The van der Waals surface area contributed by atoms with Crippen molar-refractivity contribution in [3.8, 4) is 0 Å². The third-order valence-corrected chi connectivity index (χ3v) is 2.01. The molecule has 1 aromatic rings. The van der Waals surface area contributed by atoms with Crippen molar-refractivity contribution in [1.82, 2.24) is 0 Å². The Hall–Kier alpha value is -1.51. The van der Waals surface area contributed by atoms with Gasteiger partial charge in [-0.1, -0.05) is 6.92 Å². The number of nitrogens with one attached hydrogen (secondary N) is 1. The smallest absolute Gasteiger partial charge is 0.335 e. The Morgan fingerprint density at radius 3 is 2.69 bits per heavy atom. The lowest BCUT2D eigenvalue weighted by Gasteiger charge is -2.06. The van der Waals surface area contributed by atoms with E-state index < -0.39 is 5.97 Å². The van der Waals surface area contributed by atoms with Gasteiger partial charge in [-0.05, 0) is 30.2 Å². The molecule has 0 aromatic heterocycles. The second kappa shape index (κ2) is 3.94. The number of aromatic carboxylic acids is 1. The van der Waals surface area contributed by atoms with Crippen molar-refractivity contribution in [3.05, 3.63) is 29.3 Å². The van der Waals surface area contributed by atoms with Gasteiger partial charge in [0.05, 0.1) is 5.56 Å². The van der Waals surface area contributed by atoms with E-state index in [-0.39, 0.29) is 0 Å². The number of aryl methyl sites for hydroxylation is 1. The second-order valence-electron chi connectivity index (χ2n) is 2.78. The number of hydrogen-bond donors (Lipinski definition) is 2. The van der Waals surface area contributed by atoms with Crippen LogP contribution in [0.4, 0.5) is 5.69 Å². The molecule has 0 saturated carbocycles. The topological polar surface area (TPSA) is 49.3 Å². The molecule has 3 heteroatoms. The van der Waals surface area contributed by atoms with Crippen molar-refractivity contribution in [2.24, 2.45) is 0 Å². The highest BCUT2D eigenvalue weighted by molar-refractivity contribution is 5.90. The van der Waals surface area contributed by atoms with Crippen molar-refractivity contribution < 1.29 is 9.90 Å². The van der Waals surface area contributed by atoms with Gasteiger partial charge in [-0.2, -0.15) is 0 Å². The highest BCUT2D eigenvalue weighted by atomic mass is 16.4. The largest absolute Gasteiger partial charge is 0.478 e. The molecule has 1 aromatic carbocycles. The normalized spacial score (nSPS) is 9.69. The average molecular weight is 179 g/mol. The van der Waals surface area contributed by atoms with Gasteiger partial charge in [-0.25, -0.2) is 4.79 Å². The third-order valence-electron chi connectivity index (χ3n) is 2.01. The van der Waals surface area contributed by atoms with E-state index in [0.717, 1.165) is 17.7 Å². The summed E-state index contributed by atoms with van der Waals surface area (Å²) < 4.78 is 0. The molecule has 1 rings (SSSR count). The van der Waals surface area contributed by atoms with Gasteiger partial charge in [0.25, 0.3) is 0 Å². The summed E-state index contributed by atoms with van der Waals surface area (Å²) in [7, 11) is 1.81. The summed E-state index contributed by atoms with van der Waals surface area (Å²) in [6.07, 6.45) is 0.733. The molecule has 0 saturated heterocycles. The van der Waals surface area contributed by atoms with Gasteiger partial charge in [0.15, 0.2) is 0 Å². The average Bonchev–Trinajstić information content (AvgIpc) is 2.16. The number of anilines is 1. The minimum atomic E-state index is -0.862. The fourth-order valence-electron chi connectivity index (χ4n) is 1.25. The zero-order chi connectivity index (χ0) is 9.84. The first-order valence-corrected chi connectivity index (χ1v) is 4.23. The minimum Gasteiger partial charge on any atom is -0.478 e. The Morgan fingerprint density at radius 1 is 1.54 bits per heavy atom. The van der Waals surface area contributed by atoms with Gasteiger partial charge in [-0.3, -0.25) is 0 Å². The predicted molar refractivity (Wildman–Crippen MR) is 52.3 cm³/mol. The molecule has 0 bridgehead atoms. The molecule has 70 valence electrons. The van der Waals surface area contributed by atoms with E-state index in [0.29, 0.717) is 5.56 Å². The maximum atomic E-state index is 10.8. The van der Waals surface area contributed by atoms with Gasteiger partial charge < -0.3 is 10.4 Å². The second-order valence-corrected chi connectivity index (χ2v) is 2.78. The third kappa shape index (κ3) is 1.99. The molecule has 0 radical (unpaired) electrons. The van der Waals surface area contributed by atoms with Crippen LogP contribution in [0.1, 0.15) is 22.8 Å². The Balaban J connectivity index is 3.15. The minimum absolute atomic E-state index is 0.390. The fraction of sp³-hybridized carbons (Fsp3) is 0.300. The summed E-state index contributed by atoms with van der Waals surface area (Å²) in [5.74, 6) is -0.862. The lowest BCUT2D eigenvalue weighted by Crippen LogP contribution is -2.02. The number of benzene rings is 1. The van der Waals surface area contributed by atoms with Gasteiger partial charge in [-0.15, -0.1) is 0 Å². The molecule has 0 fully saturated rings. The van der Waals surface area contributed by atoms with E-state index in [1.165, 1.54) is 0 Å². The van der Waals surface area contributed by atoms with Crippen LogP contribution in [0.2, 0.25) is 0 Å². The van der Waals surface area contributed by atoms with E-state index >= 15 is 0 Å². The first-order chi connectivity index (χ1) is 6.19. The van der Waals surface area contributed by atoms with E-state index in [4.69, 9.17) is 5.11 Å². The zero-order valence-corrected chi connectivity index (χ0v) is 7.79. The Labute approximate surface area is 77.4 Å². The highest BCUT2D eigenvalue weighted by Gasteiger charge is 2.08. The van der Waals surface area contributed by atoms with Crippen molar-refractivity contribution in [3.63, 3.8) is 0 Å². The molecule has 0 heterocycles. The molecule has 0 aliphatic rings. The Morgan fingerprint density at radius 2 is 2.23 bits per heavy atom. The van der Waals surface area contributed by atoms with Crippen LogP contribution in [-0.4, -0.2) is 18.1 Å². The molecular weight excluding hydrogens is 166 g/mol. The number of carboxylic acids is 1. The van der Waals surface area contributed by atoms with Crippen molar-refractivity contribution in [1.29, 1.82) is 0 Å². The lowest BCUT2D eigenvalue weighted by molar-refractivity contribution is 0.0696. The van der Waals surface area contributed by atoms with E-state index in [1.54, 1.807) is 12.1 Å². The summed E-state index contributed by atoms with van der Waals surface area (Å²) in [6, 6.07) is 5.26. The van der Waals surface area contributed by atoms with Crippen LogP contribution in [0.15, 0.2) is 18.2 Å². The molecule has 0 unspecified atom stereocenters. The predicted octanol–water partition coefficient (Wildman–Crippen LogP) is 1.99. The van der Waals surface area contributed by atoms with E-state index in [2.05, 4.69) is 5.32 Å². The fourth-order valence-corrected chi connectivity index (χ4v) is 1.25. The summed E-state index contributed by atoms with van der Waals surface area (Å²) >= 11 is 0. The standard InChI is InChI=1S/C10H13NO2/c1-3-7-6-8(11-2)4-5-9(7)10(12)13/h4-6,11H,3H2,1-2H3,(H,12,13). The molecule has 0 amide bonds. The Bertz CT molecular complexity index is 321. The van der Waals surface area contributed by atoms with Gasteiger partial charge in [0.2, 0.25) is 0 Å². The Kier molecular flexibility index (Phi) is 2.90. The molecule has 0 spiro atoms. The molecule has 0 atom stereocenters. The highest BCUT2D eigenvalue weighted by Crippen LogP contribution is 2.16. The SMILES string of the molecule is CCc1cc(NC)ccc1C(=O)O. The van der Waals surface area contributed by atoms with Gasteiger partial charge in [0, 0.05) is 12.7 Å². The molecule has 13 heavy (non-hydrogen) atoms. The first kappa shape index (κ1) is 9.58. The van der Waals surface area contributed by atoms with Crippen molar-refractivity contribution in [2.45, 2.75) is 13.3 Å². The van der Waals surface area contributed by atoms with Crippen LogP contribution >= 0.6 is 0 Å². The maximum absolute atomic E-state index is 10.8. The number of carboxylic acid groups (broad SMARTS) is 1. The van der Waals surface area contributed by atoms with E-state index in [1.807, 2.05) is 20.0 Å². The van der Waals surface area contributed by atoms with Crippen LogP contribution < -0.4 is 5.32 Å².